The summed E-state index contributed by atoms with van der Waals surface area (Å²) in [7, 11) is 0. The molecule has 3 aromatic rings. The first-order valence-electron chi connectivity index (χ1n) is 8.06. The van der Waals surface area contributed by atoms with Crippen molar-refractivity contribution in [2.24, 2.45) is 5.10 Å². The molecule has 3 rings (SSSR count). The summed E-state index contributed by atoms with van der Waals surface area (Å²) >= 11 is 11.5. The van der Waals surface area contributed by atoms with E-state index < -0.39 is 0 Å². The molecule has 0 aliphatic carbocycles. The first kappa shape index (κ1) is 18.1. The molecule has 2 aromatic carbocycles. The van der Waals surface area contributed by atoms with Crippen LogP contribution in [0.3, 0.4) is 0 Å². The number of halogens is 1. The first-order valence-corrected chi connectivity index (χ1v) is 8.85. The molecule has 5 nitrogen and oxygen atoms in total. The largest absolute Gasteiger partial charge is 0.357 e. The summed E-state index contributed by atoms with van der Waals surface area (Å²) in [5.74, 6) is 0. The first-order chi connectivity index (χ1) is 12.6. The van der Waals surface area contributed by atoms with Gasteiger partial charge in [-0.3, -0.25) is 5.43 Å². The third kappa shape index (κ3) is 4.47. The van der Waals surface area contributed by atoms with Gasteiger partial charge < -0.3 is 5.32 Å². The maximum atomic E-state index is 6.26. The monoisotopic (exact) mass is 383 g/mol. The van der Waals surface area contributed by atoms with Crippen molar-refractivity contribution in [3.63, 3.8) is 0 Å². The predicted octanol–water partition coefficient (Wildman–Crippen LogP) is 3.83. The van der Waals surface area contributed by atoms with Crippen LogP contribution in [0.4, 0.5) is 0 Å². The lowest BCUT2D eigenvalue weighted by molar-refractivity contribution is 0.847. The molecule has 1 heterocycles. The standard InChI is InChI=1S/C19H18ClN5S/c1-14-17(18(20)24-25(14)16-10-6-3-7-11-16)13-22-23-19(26)21-12-15-8-4-2-5-9-15/h2-11,13H,12H2,1H3,(H2,21,23,26). The zero-order chi connectivity index (χ0) is 18.4. The second-order valence-electron chi connectivity index (χ2n) is 5.58. The molecule has 0 unspecified atom stereocenters. The van der Waals surface area contributed by atoms with E-state index in [1.807, 2.05) is 67.6 Å². The Morgan fingerprint density at radius 3 is 2.50 bits per heavy atom. The quantitative estimate of drug-likeness (QED) is 0.399. The minimum Gasteiger partial charge on any atom is -0.357 e. The molecule has 0 bridgehead atoms. The van der Waals surface area contributed by atoms with Gasteiger partial charge in [0.15, 0.2) is 10.3 Å². The van der Waals surface area contributed by atoms with E-state index in [-0.39, 0.29) is 0 Å². The number of nitrogens with zero attached hydrogens (tertiary/aromatic N) is 3. The number of hydrazone groups is 1. The number of hydrogen-bond donors (Lipinski definition) is 2. The summed E-state index contributed by atoms with van der Waals surface area (Å²) in [5.41, 5.74) is 6.53. The molecule has 0 amide bonds. The third-order valence-electron chi connectivity index (χ3n) is 3.77. The maximum Gasteiger partial charge on any atom is 0.187 e. The summed E-state index contributed by atoms with van der Waals surface area (Å²) < 4.78 is 1.79. The Bertz CT molecular complexity index is 906. The Balaban J connectivity index is 1.62. The predicted molar refractivity (Wildman–Crippen MR) is 110 cm³/mol. The Morgan fingerprint density at radius 1 is 1.15 bits per heavy atom. The van der Waals surface area contributed by atoms with Gasteiger partial charge in [0.2, 0.25) is 0 Å². The average molecular weight is 384 g/mol. The van der Waals surface area contributed by atoms with Gasteiger partial charge in [0, 0.05) is 6.54 Å². The SMILES string of the molecule is Cc1c(C=NNC(=S)NCc2ccccc2)c(Cl)nn1-c1ccccc1. The molecule has 0 saturated carbocycles. The van der Waals surface area contributed by atoms with Crippen molar-refractivity contribution in [3.8, 4) is 5.69 Å². The molecule has 7 heteroatoms. The van der Waals surface area contributed by atoms with E-state index in [9.17, 15) is 0 Å². The van der Waals surface area contributed by atoms with Crippen molar-refractivity contribution in [1.82, 2.24) is 20.5 Å². The van der Waals surface area contributed by atoms with Crippen LogP contribution >= 0.6 is 23.8 Å². The summed E-state index contributed by atoms with van der Waals surface area (Å²) in [6.07, 6.45) is 1.63. The topological polar surface area (TPSA) is 54.2 Å². The number of rotatable bonds is 5. The van der Waals surface area contributed by atoms with E-state index in [1.54, 1.807) is 10.9 Å². The van der Waals surface area contributed by atoms with Crippen LogP contribution in [-0.4, -0.2) is 21.1 Å². The third-order valence-corrected chi connectivity index (χ3v) is 4.29. The molecule has 0 aliphatic heterocycles. The van der Waals surface area contributed by atoms with Crippen LogP contribution in [0, 0.1) is 6.92 Å². The van der Waals surface area contributed by atoms with Crippen molar-refractivity contribution < 1.29 is 0 Å². The lowest BCUT2D eigenvalue weighted by Gasteiger charge is -2.06. The van der Waals surface area contributed by atoms with Gasteiger partial charge in [-0.05, 0) is 36.8 Å². The van der Waals surface area contributed by atoms with Crippen molar-refractivity contribution in [2.45, 2.75) is 13.5 Å². The van der Waals surface area contributed by atoms with E-state index in [2.05, 4.69) is 20.9 Å². The highest BCUT2D eigenvalue weighted by molar-refractivity contribution is 7.80. The molecule has 2 N–H and O–H groups in total. The van der Waals surface area contributed by atoms with Crippen LogP contribution in [0.2, 0.25) is 5.15 Å². The molecule has 26 heavy (non-hydrogen) atoms. The second kappa shape index (κ2) is 8.60. The Morgan fingerprint density at radius 2 is 1.81 bits per heavy atom. The highest BCUT2D eigenvalue weighted by Crippen LogP contribution is 2.20. The molecular weight excluding hydrogens is 366 g/mol. The molecule has 0 spiro atoms. The van der Waals surface area contributed by atoms with Crippen LogP contribution in [-0.2, 0) is 6.54 Å². The zero-order valence-electron chi connectivity index (χ0n) is 14.2. The van der Waals surface area contributed by atoms with E-state index in [0.717, 1.165) is 22.5 Å². The highest BCUT2D eigenvalue weighted by Gasteiger charge is 2.12. The smallest absolute Gasteiger partial charge is 0.187 e. The Labute approximate surface area is 162 Å². The molecule has 0 saturated heterocycles. The van der Waals surface area contributed by atoms with Crippen molar-refractivity contribution in [2.75, 3.05) is 0 Å². The highest BCUT2D eigenvalue weighted by atomic mass is 35.5. The number of para-hydroxylation sites is 1. The van der Waals surface area contributed by atoms with Gasteiger partial charge in [0.1, 0.15) is 0 Å². The van der Waals surface area contributed by atoms with Crippen molar-refractivity contribution >= 4 is 35.1 Å². The van der Waals surface area contributed by atoms with Crippen molar-refractivity contribution in [3.05, 3.63) is 82.6 Å². The van der Waals surface area contributed by atoms with Crippen LogP contribution in [0.15, 0.2) is 65.8 Å². The second-order valence-corrected chi connectivity index (χ2v) is 6.34. The lowest BCUT2D eigenvalue weighted by atomic mass is 10.2. The molecule has 132 valence electrons. The molecule has 0 fully saturated rings. The number of nitrogens with one attached hydrogen (secondary N) is 2. The minimum atomic E-state index is 0.389. The van der Waals surface area contributed by atoms with Gasteiger partial charge in [0.25, 0.3) is 0 Å². The minimum absolute atomic E-state index is 0.389. The zero-order valence-corrected chi connectivity index (χ0v) is 15.8. The summed E-state index contributed by atoms with van der Waals surface area (Å²) in [4.78, 5) is 0. The summed E-state index contributed by atoms with van der Waals surface area (Å²) in [6, 6.07) is 19.8. The van der Waals surface area contributed by atoms with Gasteiger partial charge in [-0.1, -0.05) is 60.1 Å². The van der Waals surface area contributed by atoms with E-state index in [1.165, 1.54) is 0 Å². The fourth-order valence-corrected chi connectivity index (χ4v) is 2.81. The molecule has 1 aromatic heterocycles. The molecule has 0 aliphatic rings. The summed E-state index contributed by atoms with van der Waals surface area (Å²) in [5, 5.41) is 12.5. The number of thiocarbonyl (C=S) groups is 1. The molecular formula is C19H18ClN5S. The Kier molecular flexibility index (Phi) is 5.99. The van der Waals surface area contributed by atoms with E-state index in [0.29, 0.717) is 16.8 Å². The van der Waals surface area contributed by atoms with Gasteiger partial charge in [-0.2, -0.15) is 10.2 Å². The lowest BCUT2D eigenvalue weighted by Crippen LogP contribution is -2.31. The van der Waals surface area contributed by atoms with Gasteiger partial charge in [0.05, 0.1) is 23.2 Å². The Hall–Kier alpha value is -2.70. The molecule has 0 radical (unpaired) electrons. The normalized spacial score (nSPS) is 10.8. The fraction of sp³-hybridized carbons (Fsp3) is 0.105. The average Bonchev–Trinajstić information content (AvgIpc) is 2.96. The fourth-order valence-electron chi connectivity index (χ4n) is 2.42. The maximum absolute atomic E-state index is 6.26. The van der Waals surface area contributed by atoms with Gasteiger partial charge in [-0.15, -0.1) is 0 Å². The number of benzene rings is 2. The number of hydrogen-bond acceptors (Lipinski definition) is 3. The van der Waals surface area contributed by atoms with Gasteiger partial charge >= 0.3 is 0 Å². The van der Waals surface area contributed by atoms with Crippen LogP contribution in [0.1, 0.15) is 16.8 Å². The van der Waals surface area contributed by atoms with Gasteiger partial charge in [-0.25, -0.2) is 4.68 Å². The number of aromatic nitrogens is 2. The van der Waals surface area contributed by atoms with E-state index in [4.69, 9.17) is 23.8 Å². The summed E-state index contributed by atoms with van der Waals surface area (Å²) in [6.45, 7) is 2.58. The van der Waals surface area contributed by atoms with E-state index >= 15 is 0 Å². The molecule has 0 atom stereocenters. The van der Waals surface area contributed by atoms with Crippen molar-refractivity contribution in [1.29, 1.82) is 0 Å². The van der Waals surface area contributed by atoms with Crippen LogP contribution in [0.25, 0.3) is 5.69 Å². The van der Waals surface area contributed by atoms with Crippen LogP contribution in [0.5, 0.6) is 0 Å². The van der Waals surface area contributed by atoms with Crippen LogP contribution < -0.4 is 10.7 Å².